The Morgan fingerprint density at radius 3 is 2.75 bits per heavy atom. The number of rotatable bonds is 1. The monoisotopic (exact) mass is 276 g/mol. The van der Waals surface area contributed by atoms with Crippen LogP contribution in [-0.4, -0.2) is 22.2 Å². The van der Waals surface area contributed by atoms with Crippen LogP contribution in [-0.2, 0) is 11.3 Å². The number of aromatic nitrogens is 2. The molecule has 1 aliphatic carbocycles. The number of nitrogens with one attached hydrogen (secondary N) is 2. The summed E-state index contributed by atoms with van der Waals surface area (Å²) < 4.78 is 1.94. The van der Waals surface area contributed by atoms with E-state index in [0.29, 0.717) is 0 Å². The number of fused-ring (bicyclic) bond motifs is 1. The quantitative estimate of drug-likeness (QED) is 0.829. The van der Waals surface area contributed by atoms with Crippen molar-refractivity contribution in [3.8, 4) is 0 Å². The molecule has 1 fully saturated rings. The van der Waals surface area contributed by atoms with Gasteiger partial charge in [0.1, 0.15) is 11.5 Å². The summed E-state index contributed by atoms with van der Waals surface area (Å²) in [6, 6.07) is 0. The van der Waals surface area contributed by atoms with Crippen LogP contribution in [0.4, 0.5) is 11.5 Å². The molecule has 0 saturated heterocycles. The largest absolute Gasteiger partial charge is 0.367 e. The lowest BCUT2D eigenvalue weighted by atomic mass is 9.70. The summed E-state index contributed by atoms with van der Waals surface area (Å²) in [7, 11) is 0. The highest BCUT2D eigenvalue weighted by Gasteiger charge is 2.43. The molecule has 0 bridgehead atoms. The summed E-state index contributed by atoms with van der Waals surface area (Å²) in [4.78, 5) is 12.7. The van der Waals surface area contributed by atoms with Crippen molar-refractivity contribution in [3.63, 3.8) is 0 Å². The van der Waals surface area contributed by atoms with E-state index >= 15 is 0 Å². The molecule has 0 unspecified atom stereocenters. The zero-order chi connectivity index (χ0) is 14.3. The van der Waals surface area contributed by atoms with Gasteiger partial charge in [-0.2, -0.15) is 5.10 Å². The van der Waals surface area contributed by atoms with Crippen LogP contribution >= 0.6 is 0 Å². The Hall–Kier alpha value is -1.52. The molecule has 5 nitrogen and oxygen atoms in total. The van der Waals surface area contributed by atoms with Crippen molar-refractivity contribution in [2.45, 2.75) is 53.0 Å². The fourth-order valence-electron chi connectivity index (χ4n) is 3.44. The van der Waals surface area contributed by atoms with Gasteiger partial charge in [-0.3, -0.25) is 4.79 Å². The van der Waals surface area contributed by atoms with Crippen molar-refractivity contribution in [3.05, 3.63) is 5.69 Å². The van der Waals surface area contributed by atoms with Gasteiger partial charge >= 0.3 is 0 Å². The van der Waals surface area contributed by atoms with Crippen LogP contribution in [0.2, 0.25) is 0 Å². The number of hydrogen-bond acceptors (Lipinski definition) is 3. The van der Waals surface area contributed by atoms with Gasteiger partial charge in [-0.1, -0.05) is 6.92 Å². The van der Waals surface area contributed by atoms with E-state index in [1.807, 2.05) is 11.6 Å². The summed E-state index contributed by atoms with van der Waals surface area (Å²) in [5, 5.41) is 11.1. The number of amides is 1. The molecule has 1 spiro atoms. The molecule has 1 amide bonds. The molecule has 2 aliphatic rings. The van der Waals surface area contributed by atoms with Crippen LogP contribution in [0.3, 0.4) is 0 Å². The van der Waals surface area contributed by atoms with Gasteiger partial charge in [0.15, 0.2) is 0 Å². The first kappa shape index (κ1) is 13.5. The third-order valence-corrected chi connectivity index (χ3v) is 4.97. The predicted molar refractivity (Wildman–Crippen MR) is 79.8 cm³/mol. The van der Waals surface area contributed by atoms with Crippen LogP contribution in [0.5, 0.6) is 0 Å². The van der Waals surface area contributed by atoms with E-state index in [9.17, 15) is 4.79 Å². The van der Waals surface area contributed by atoms with Crippen molar-refractivity contribution in [2.24, 2.45) is 11.3 Å². The highest BCUT2D eigenvalue weighted by Crippen LogP contribution is 2.43. The zero-order valence-electron chi connectivity index (χ0n) is 12.6. The smallest absolute Gasteiger partial charge is 0.232 e. The average molecular weight is 276 g/mol. The lowest BCUT2D eigenvalue weighted by Gasteiger charge is -2.36. The van der Waals surface area contributed by atoms with E-state index < -0.39 is 0 Å². The molecular weight excluding hydrogens is 252 g/mol. The Bertz CT molecular complexity index is 526. The first-order valence-corrected chi connectivity index (χ1v) is 7.68. The van der Waals surface area contributed by atoms with Gasteiger partial charge in [-0.25, -0.2) is 4.68 Å². The van der Waals surface area contributed by atoms with Gasteiger partial charge in [0.25, 0.3) is 0 Å². The van der Waals surface area contributed by atoms with Crippen LogP contribution in [0.15, 0.2) is 0 Å². The lowest BCUT2D eigenvalue weighted by Crippen LogP contribution is -2.43. The molecule has 3 rings (SSSR count). The second-order valence-electron chi connectivity index (χ2n) is 6.40. The number of carbonyl (C=O) groups is 1. The summed E-state index contributed by atoms with van der Waals surface area (Å²) in [6.07, 6.45) is 4.25. The molecule has 0 aromatic carbocycles. The molecule has 1 aromatic heterocycles. The maximum atomic E-state index is 12.7. The molecular formula is C15H24N4O. The topological polar surface area (TPSA) is 59.0 Å². The number of aryl methyl sites for hydroxylation is 2. The third-order valence-electron chi connectivity index (χ3n) is 4.97. The fraction of sp³-hybridized carbons (Fsp3) is 0.733. The summed E-state index contributed by atoms with van der Waals surface area (Å²) in [5.41, 5.74) is 1.52. The van der Waals surface area contributed by atoms with Gasteiger partial charge in [-0.15, -0.1) is 0 Å². The van der Waals surface area contributed by atoms with Gasteiger partial charge in [0, 0.05) is 13.1 Å². The predicted octanol–water partition coefficient (Wildman–Crippen LogP) is 2.77. The Labute approximate surface area is 120 Å². The first-order chi connectivity index (χ1) is 9.55. The lowest BCUT2D eigenvalue weighted by molar-refractivity contribution is -0.126. The van der Waals surface area contributed by atoms with Crippen LogP contribution < -0.4 is 10.6 Å². The Morgan fingerprint density at radius 1 is 1.40 bits per heavy atom. The molecule has 1 saturated carbocycles. The molecule has 0 radical (unpaired) electrons. The summed E-state index contributed by atoms with van der Waals surface area (Å²) in [6.45, 7) is 7.84. The first-order valence-electron chi connectivity index (χ1n) is 7.68. The SMILES string of the molecule is CCn1nc(C)c2c1NCC1(CCC(C)CC1)C(=O)N2. The van der Waals surface area contributed by atoms with E-state index in [-0.39, 0.29) is 11.3 Å². The van der Waals surface area contributed by atoms with E-state index in [1.54, 1.807) is 0 Å². The Kier molecular flexibility index (Phi) is 3.22. The van der Waals surface area contributed by atoms with Crippen molar-refractivity contribution in [1.29, 1.82) is 0 Å². The highest BCUT2D eigenvalue weighted by atomic mass is 16.2. The molecule has 1 aromatic rings. The second kappa shape index (κ2) is 4.79. The second-order valence-corrected chi connectivity index (χ2v) is 6.40. The third kappa shape index (κ3) is 2.00. The molecule has 2 heterocycles. The minimum Gasteiger partial charge on any atom is -0.367 e. The Morgan fingerprint density at radius 2 is 2.10 bits per heavy atom. The maximum absolute atomic E-state index is 12.7. The van der Waals surface area contributed by atoms with E-state index in [0.717, 1.165) is 61.9 Å². The number of carbonyl (C=O) groups excluding carboxylic acids is 1. The van der Waals surface area contributed by atoms with Crippen molar-refractivity contribution >= 4 is 17.4 Å². The van der Waals surface area contributed by atoms with E-state index in [2.05, 4.69) is 29.6 Å². The molecule has 0 atom stereocenters. The van der Waals surface area contributed by atoms with Crippen LogP contribution in [0.25, 0.3) is 0 Å². The van der Waals surface area contributed by atoms with Gasteiger partial charge in [0.2, 0.25) is 5.91 Å². The van der Waals surface area contributed by atoms with Crippen molar-refractivity contribution < 1.29 is 4.79 Å². The number of nitrogens with zero attached hydrogens (tertiary/aromatic N) is 2. The van der Waals surface area contributed by atoms with E-state index in [1.165, 1.54) is 0 Å². The van der Waals surface area contributed by atoms with Crippen LogP contribution in [0, 0.1) is 18.3 Å². The Balaban J connectivity index is 1.91. The maximum Gasteiger partial charge on any atom is 0.232 e. The highest BCUT2D eigenvalue weighted by molar-refractivity contribution is 6.00. The minimum atomic E-state index is -0.240. The standard InChI is InChI=1S/C15H24N4O/c1-4-19-13-12(11(3)18-19)17-14(20)15(9-16-13)7-5-10(2)6-8-15/h10,16H,4-9H2,1-3H3,(H,17,20). The van der Waals surface area contributed by atoms with Crippen LogP contribution in [0.1, 0.15) is 45.2 Å². The van der Waals surface area contributed by atoms with Gasteiger partial charge in [0.05, 0.1) is 11.1 Å². The summed E-state index contributed by atoms with van der Waals surface area (Å²) in [5.74, 6) is 1.88. The van der Waals surface area contributed by atoms with Crippen molar-refractivity contribution in [1.82, 2.24) is 9.78 Å². The molecule has 20 heavy (non-hydrogen) atoms. The molecule has 110 valence electrons. The minimum absolute atomic E-state index is 0.175. The number of hydrogen-bond donors (Lipinski definition) is 2. The number of anilines is 2. The summed E-state index contributed by atoms with van der Waals surface area (Å²) >= 11 is 0. The van der Waals surface area contributed by atoms with Crippen molar-refractivity contribution in [2.75, 3.05) is 17.2 Å². The normalized spacial score (nSPS) is 29.6. The van der Waals surface area contributed by atoms with E-state index in [4.69, 9.17) is 0 Å². The fourth-order valence-corrected chi connectivity index (χ4v) is 3.44. The van der Waals surface area contributed by atoms with Gasteiger partial charge < -0.3 is 10.6 Å². The molecule has 5 heteroatoms. The van der Waals surface area contributed by atoms with Gasteiger partial charge in [-0.05, 0) is 45.4 Å². The average Bonchev–Trinajstić information content (AvgIpc) is 2.67. The zero-order valence-corrected chi connectivity index (χ0v) is 12.6. The molecule has 2 N–H and O–H groups in total. The molecule has 1 aliphatic heterocycles.